The van der Waals surface area contributed by atoms with E-state index in [1.54, 1.807) is 0 Å². The fraction of sp³-hybridized carbons (Fsp3) is 0.444. The monoisotopic (exact) mass is 212 g/mol. The maximum Gasteiger partial charge on any atom is 0.330 e. The van der Waals surface area contributed by atoms with Gasteiger partial charge in [-0.1, -0.05) is 0 Å². The summed E-state index contributed by atoms with van der Waals surface area (Å²) in [5, 5.41) is 8.79. The molecule has 1 unspecified atom stereocenters. The number of carbonyl (C=O) groups is 1. The lowest BCUT2D eigenvalue weighted by atomic mass is 10.1. The fourth-order valence-electron chi connectivity index (χ4n) is 1.29. The molecule has 0 fully saturated rings. The molecule has 1 rings (SSSR count). The summed E-state index contributed by atoms with van der Waals surface area (Å²) in [6.07, 6.45) is 0. The number of hydrogen-bond donors (Lipinski definition) is 1. The zero-order valence-electron chi connectivity index (χ0n) is 8.72. The van der Waals surface area contributed by atoms with Crippen LogP contribution in [0.25, 0.3) is 0 Å². The van der Waals surface area contributed by atoms with Gasteiger partial charge in [0, 0.05) is 25.9 Å². The lowest BCUT2D eigenvalue weighted by molar-refractivity contribution is -0.138. The Bertz CT molecular complexity index is 512. The van der Waals surface area contributed by atoms with Crippen LogP contribution in [-0.4, -0.2) is 20.2 Å². The first kappa shape index (κ1) is 11.2. The summed E-state index contributed by atoms with van der Waals surface area (Å²) in [6, 6.07) is 1.17. The Kier molecular flexibility index (Phi) is 2.78. The van der Waals surface area contributed by atoms with Gasteiger partial charge in [-0.2, -0.15) is 0 Å². The van der Waals surface area contributed by atoms with E-state index in [1.165, 1.54) is 31.7 Å². The van der Waals surface area contributed by atoms with E-state index in [0.717, 1.165) is 4.57 Å². The van der Waals surface area contributed by atoms with E-state index in [4.69, 9.17) is 5.11 Å². The zero-order chi connectivity index (χ0) is 11.7. The van der Waals surface area contributed by atoms with Crippen LogP contribution in [-0.2, 0) is 18.9 Å². The van der Waals surface area contributed by atoms with Gasteiger partial charge in [0.1, 0.15) is 0 Å². The smallest absolute Gasteiger partial charge is 0.330 e. The van der Waals surface area contributed by atoms with Crippen LogP contribution >= 0.6 is 0 Å². The Labute approximate surface area is 85.4 Å². The fourth-order valence-corrected chi connectivity index (χ4v) is 1.29. The van der Waals surface area contributed by atoms with E-state index in [9.17, 15) is 14.4 Å². The minimum absolute atomic E-state index is 0.204. The molecule has 0 aliphatic carbocycles. The molecular weight excluding hydrogens is 200 g/mol. The normalized spacial score (nSPS) is 12.5. The van der Waals surface area contributed by atoms with E-state index in [1.807, 2.05) is 0 Å². The SMILES string of the molecule is CC(C(=O)O)c1cc(=O)n(C)c(=O)n1C. The molecule has 1 N–H and O–H groups in total. The average Bonchev–Trinajstić information content (AvgIpc) is 2.19. The van der Waals surface area contributed by atoms with Crippen molar-refractivity contribution in [2.24, 2.45) is 14.1 Å². The van der Waals surface area contributed by atoms with Crippen LogP contribution in [0.4, 0.5) is 0 Å². The summed E-state index contributed by atoms with van der Waals surface area (Å²) < 4.78 is 2.10. The van der Waals surface area contributed by atoms with Crippen molar-refractivity contribution >= 4 is 5.97 Å². The minimum atomic E-state index is -1.07. The van der Waals surface area contributed by atoms with Crippen molar-refractivity contribution in [3.8, 4) is 0 Å². The lowest BCUT2D eigenvalue weighted by Crippen LogP contribution is -2.39. The van der Waals surface area contributed by atoms with Gasteiger partial charge in [0.2, 0.25) is 0 Å². The number of rotatable bonds is 2. The lowest BCUT2D eigenvalue weighted by Gasteiger charge is -2.12. The predicted molar refractivity (Wildman–Crippen MR) is 53.0 cm³/mol. The Morgan fingerprint density at radius 1 is 1.33 bits per heavy atom. The third-order valence-electron chi connectivity index (χ3n) is 2.38. The molecule has 82 valence electrons. The first-order chi connectivity index (χ1) is 6.86. The molecule has 0 aromatic carbocycles. The van der Waals surface area contributed by atoms with Crippen LogP contribution in [0, 0.1) is 0 Å². The topological polar surface area (TPSA) is 81.3 Å². The number of hydrogen-bond acceptors (Lipinski definition) is 3. The van der Waals surface area contributed by atoms with Crippen LogP contribution in [0.2, 0.25) is 0 Å². The van der Waals surface area contributed by atoms with Gasteiger partial charge in [0.05, 0.1) is 5.92 Å². The van der Waals surface area contributed by atoms with Crippen molar-refractivity contribution in [3.63, 3.8) is 0 Å². The third kappa shape index (κ3) is 1.83. The van der Waals surface area contributed by atoms with Gasteiger partial charge in [-0.3, -0.25) is 18.7 Å². The highest BCUT2D eigenvalue weighted by Gasteiger charge is 2.18. The van der Waals surface area contributed by atoms with E-state index in [-0.39, 0.29) is 5.69 Å². The second-order valence-electron chi connectivity index (χ2n) is 3.37. The van der Waals surface area contributed by atoms with Gasteiger partial charge >= 0.3 is 11.7 Å². The molecule has 0 aliphatic rings. The van der Waals surface area contributed by atoms with Crippen molar-refractivity contribution in [2.75, 3.05) is 0 Å². The highest BCUT2D eigenvalue weighted by molar-refractivity contribution is 5.74. The van der Waals surface area contributed by atoms with Crippen molar-refractivity contribution in [1.29, 1.82) is 0 Å². The molecule has 15 heavy (non-hydrogen) atoms. The van der Waals surface area contributed by atoms with E-state index >= 15 is 0 Å². The van der Waals surface area contributed by atoms with Crippen LogP contribution in [0.3, 0.4) is 0 Å². The van der Waals surface area contributed by atoms with E-state index in [2.05, 4.69) is 0 Å². The molecule has 1 atom stereocenters. The van der Waals surface area contributed by atoms with Crippen molar-refractivity contribution in [2.45, 2.75) is 12.8 Å². The molecule has 0 amide bonds. The van der Waals surface area contributed by atoms with Crippen LogP contribution in [0.1, 0.15) is 18.5 Å². The number of carboxylic acids is 1. The quantitative estimate of drug-likeness (QED) is 0.700. The molecule has 1 heterocycles. The third-order valence-corrected chi connectivity index (χ3v) is 2.38. The van der Waals surface area contributed by atoms with E-state index < -0.39 is 23.1 Å². The Balaban J connectivity index is 3.53. The summed E-state index contributed by atoms with van der Waals surface area (Å²) in [5.41, 5.74) is -0.817. The number of carboxylic acid groups (broad SMARTS) is 1. The molecule has 1 aromatic heterocycles. The van der Waals surface area contributed by atoms with Gasteiger partial charge in [-0.05, 0) is 6.92 Å². The van der Waals surface area contributed by atoms with E-state index in [0.29, 0.717) is 0 Å². The summed E-state index contributed by atoms with van der Waals surface area (Å²) in [7, 11) is 2.79. The number of nitrogens with zero attached hydrogens (tertiary/aromatic N) is 2. The second-order valence-corrected chi connectivity index (χ2v) is 3.37. The minimum Gasteiger partial charge on any atom is -0.481 e. The summed E-state index contributed by atoms with van der Waals surface area (Å²) in [6.45, 7) is 1.43. The van der Waals surface area contributed by atoms with Gasteiger partial charge in [0.15, 0.2) is 0 Å². The summed E-state index contributed by atoms with van der Waals surface area (Å²) >= 11 is 0. The average molecular weight is 212 g/mol. The first-order valence-electron chi connectivity index (χ1n) is 4.36. The maximum absolute atomic E-state index is 11.5. The molecule has 0 saturated carbocycles. The Morgan fingerprint density at radius 3 is 2.33 bits per heavy atom. The summed E-state index contributed by atoms with van der Waals surface area (Å²) in [5.74, 6) is -1.95. The highest BCUT2D eigenvalue weighted by atomic mass is 16.4. The number of aliphatic carboxylic acids is 1. The summed E-state index contributed by atoms with van der Waals surface area (Å²) in [4.78, 5) is 33.5. The molecule has 1 aromatic rings. The molecule has 6 heteroatoms. The van der Waals surface area contributed by atoms with Crippen molar-refractivity contribution in [3.05, 3.63) is 32.6 Å². The zero-order valence-corrected chi connectivity index (χ0v) is 8.72. The second kappa shape index (κ2) is 3.72. The van der Waals surface area contributed by atoms with Crippen LogP contribution in [0.5, 0.6) is 0 Å². The molecule has 0 aliphatic heterocycles. The Morgan fingerprint density at radius 2 is 1.87 bits per heavy atom. The Hall–Kier alpha value is -1.85. The van der Waals surface area contributed by atoms with Gasteiger partial charge in [-0.15, -0.1) is 0 Å². The van der Waals surface area contributed by atoms with Crippen molar-refractivity contribution in [1.82, 2.24) is 9.13 Å². The molecular formula is C9H12N2O4. The van der Waals surface area contributed by atoms with Gasteiger partial charge in [-0.25, -0.2) is 4.79 Å². The van der Waals surface area contributed by atoms with Gasteiger partial charge < -0.3 is 5.11 Å². The molecule has 0 saturated heterocycles. The largest absolute Gasteiger partial charge is 0.481 e. The highest BCUT2D eigenvalue weighted by Crippen LogP contribution is 2.10. The predicted octanol–water partition coefficient (Wildman–Crippen LogP) is -0.728. The molecule has 0 bridgehead atoms. The standard InChI is InChI=1S/C9H12N2O4/c1-5(8(13)14)6-4-7(12)11(3)9(15)10(6)2/h4-5H,1-3H3,(H,13,14). The maximum atomic E-state index is 11.5. The molecule has 0 radical (unpaired) electrons. The molecule has 6 nitrogen and oxygen atoms in total. The first-order valence-corrected chi connectivity index (χ1v) is 4.36. The van der Waals surface area contributed by atoms with Crippen LogP contribution < -0.4 is 11.2 Å². The van der Waals surface area contributed by atoms with Crippen LogP contribution in [0.15, 0.2) is 15.7 Å². The van der Waals surface area contributed by atoms with Crippen molar-refractivity contribution < 1.29 is 9.90 Å². The molecule has 0 spiro atoms. The number of aromatic nitrogens is 2. The van der Waals surface area contributed by atoms with Gasteiger partial charge in [0.25, 0.3) is 5.56 Å².